The van der Waals surface area contributed by atoms with Crippen LogP contribution in [-0.4, -0.2) is 34.2 Å². The van der Waals surface area contributed by atoms with Gasteiger partial charge in [-0.2, -0.15) is 16.7 Å². The van der Waals surface area contributed by atoms with Crippen LogP contribution < -0.4 is 10.1 Å². The zero-order valence-corrected chi connectivity index (χ0v) is 12.8. The fourth-order valence-electron chi connectivity index (χ4n) is 2.40. The number of rotatable bonds is 6. The van der Waals surface area contributed by atoms with Crippen molar-refractivity contribution in [1.29, 1.82) is 0 Å². The van der Waals surface area contributed by atoms with Gasteiger partial charge >= 0.3 is 0 Å². The Morgan fingerprint density at radius 1 is 1.33 bits per heavy atom. The van der Waals surface area contributed by atoms with Crippen molar-refractivity contribution in [2.75, 3.05) is 18.1 Å². The first-order chi connectivity index (χ1) is 10.4. The second-order valence-corrected chi connectivity index (χ2v) is 6.03. The summed E-state index contributed by atoms with van der Waals surface area (Å²) in [6.07, 6.45) is 0. The molecule has 2 heterocycles. The number of aromatic nitrogens is 2. The van der Waals surface area contributed by atoms with E-state index in [1.807, 2.05) is 42.1 Å². The van der Waals surface area contributed by atoms with Gasteiger partial charge in [-0.15, -0.1) is 0 Å². The second-order valence-electron chi connectivity index (χ2n) is 4.96. The van der Waals surface area contributed by atoms with Crippen LogP contribution in [0, 0.1) is 0 Å². The van der Waals surface area contributed by atoms with Gasteiger partial charge in [0.1, 0.15) is 5.75 Å². The van der Waals surface area contributed by atoms with Crippen LogP contribution >= 0.6 is 11.8 Å². The molecule has 2 aromatic rings. The predicted molar refractivity (Wildman–Crippen MR) is 82.6 cm³/mol. The van der Waals surface area contributed by atoms with E-state index in [4.69, 9.17) is 9.26 Å². The van der Waals surface area contributed by atoms with Crippen LogP contribution in [0.2, 0.25) is 0 Å². The number of hydrogen-bond donors (Lipinski definition) is 1. The van der Waals surface area contributed by atoms with E-state index in [1.54, 1.807) is 0 Å². The van der Waals surface area contributed by atoms with Crippen molar-refractivity contribution < 1.29 is 9.26 Å². The number of nitrogens with zero attached hydrogens (tertiary/aromatic N) is 2. The second kappa shape index (κ2) is 6.95. The number of hydrogen-bond acceptors (Lipinski definition) is 6. The van der Waals surface area contributed by atoms with Gasteiger partial charge in [-0.1, -0.05) is 30.3 Å². The van der Waals surface area contributed by atoms with Gasteiger partial charge in [-0.05, 0) is 18.7 Å². The van der Waals surface area contributed by atoms with Crippen LogP contribution in [-0.2, 0) is 6.61 Å². The average Bonchev–Trinajstić information content (AvgIpc) is 3.15. The summed E-state index contributed by atoms with van der Waals surface area (Å²) in [7, 11) is 0. The van der Waals surface area contributed by atoms with E-state index in [0.717, 1.165) is 29.7 Å². The topological polar surface area (TPSA) is 60.2 Å². The summed E-state index contributed by atoms with van der Waals surface area (Å²) in [4.78, 5) is 4.48. The molecule has 1 aliphatic rings. The quantitative estimate of drug-likeness (QED) is 0.884. The maximum atomic E-state index is 5.64. The molecule has 0 radical (unpaired) electrons. The Morgan fingerprint density at radius 3 is 3.00 bits per heavy atom. The molecule has 3 rings (SSSR count). The highest BCUT2D eigenvalue weighted by Gasteiger charge is 2.32. The third-order valence-corrected chi connectivity index (χ3v) is 4.65. The smallest absolute Gasteiger partial charge is 0.232 e. The SMILES string of the molecule is CCNC1CSCC1c1nc(COc2ccccc2)no1. The Hall–Kier alpha value is -1.53. The van der Waals surface area contributed by atoms with Crippen molar-refractivity contribution in [3.8, 4) is 5.75 Å². The molecule has 2 unspecified atom stereocenters. The minimum atomic E-state index is 0.299. The van der Waals surface area contributed by atoms with Crippen LogP contribution in [0.15, 0.2) is 34.9 Å². The number of thioether (sulfide) groups is 1. The van der Waals surface area contributed by atoms with Crippen LogP contribution in [0.1, 0.15) is 24.6 Å². The summed E-state index contributed by atoms with van der Waals surface area (Å²) >= 11 is 1.92. The molecular formula is C15H19N3O2S. The normalized spacial score (nSPS) is 21.6. The molecule has 1 N–H and O–H groups in total. The fourth-order valence-corrected chi connectivity index (χ4v) is 3.77. The number of likely N-dealkylation sites (N-methyl/N-ethyl adjacent to an activating group) is 1. The Bertz CT molecular complexity index is 561. The fraction of sp³-hybridized carbons (Fsp3) is 0.467. The summed E-state index contributed by atoms with van der Waals surface area (Å²) < 4.78 is 11.1. The Balaban J connectivity index is 1.61. The van der Waals surface area contributed by atoms with Crippen LogP contribution in [0.3, 0.4) is 0 Å². The molecule has 1 aromatic heterocycles. The van der Waals surface area contributed by atoms with E-state index in [0.29, 0.717) is 24.4 Å². The Labute approximate surface area is 128 Å². The van der Waals surface area contributed by atoms with Gasteiger partial charge in [-0.25, -0.2) is 0 Å². The summed E-state index contributed by atoms with van der Waals surface area (Å²) in [6.45, 7) is 3.41. The maximum absolute atomic E-state index is 5.64. The van der Waals surface area contributed by atoms with E-state index in [9.17, 15) is 0 Å². The van der Waals surface area contributed by atoms with Gasteiger partial charge in [0.05, 0.1) is 5.92 Å². The lowest BCUT2D eigenvalue weighted by atomic mass is 10.0. The number of para-hydroxylation sites is 1. The van der Waals surface area contributed by atoms with Crippen LogP contribution in [0.4, 0.5) is 0 Å². The van der Waals surface area contributed by atoms with Crippen LogP contribution in [0.5, 0.6) is 5.75 Å². The van der Waals surface area contributed by atoms with E-state index < -0.39 is 0 Å². The van der Waals surface area contributed by atoms with Crippen molar-refractivity contribution in [3.63, 3.8) is 0 Å². The lowest BCUT2D eigenvalue weighted by Crippen LogP contribution is -2.34. The lowest BCUT2D eigenvalue weighted by molar-refractivity contribution is 0.283. The molecule has 5 nitrogen and oxygen atoms in total. The van der Waals surface area contributed by atoms with Gasteiger partial charge in [0.2, 0.25) is 11.7 Å². The van der Waals surface area contributed by atoms with Crippen molar-refractivity contribution in [2.24, 2.45) is 0 Å². The van der Waals surface area contributed by atoms with Gasteiger partial charge in [0.25, 0.3) is 0 Å². The highest BCUT2D eigenvalue weighted by molar-refractivity contribution is 7.99. The van der Waals surface area contributed by atoms with Crippen molar-refractivity contribution in [3.05, 3.63) is 42.0 Å². The van der Waals surface area contributed by atoms with Gasteiger partial charge in [-0.3, -0.25) is 0 Å². The third kappa shape index (κ3) is 3.57. The molecule has 1 fully saturated rings. The van der Waals surface area contributed by atoms with Crippen molar-refractivity contribution in [2.45, 2.75) is 25.5 Å². The van der Waals surface area contributed by atoms with E-state index in [1.165, 1.54) is 0 Å². The molecule has 0 bridgehead atoms. The van der Waals surface area contributed by atoms with Crippen LogP contribution in [0.25, 0.3) is 0 Å². The Morgan fingerprint density at radius 2 is 2.19 bits per heavy atom. The highest BCUT2D eigenvalue weighted by Crippen LogP contribution is 2.31. The molecule has 112 valence electrons. The molecule has 0 saturated carbocycles. The summed E-state index contributed by atoms with van der Waals surface area (Å²) in [5, 5.41) is 7.50. The molecule has 6 heteroatoms. The predicted octanol–water partition coefficient (Wildman–Crippen LogP) is 2.46. The van der Waals surface area contributed by atoms with Crippen molar-refractivity contribution in [1.82, 2.24) is 15.5 Å². The maximum Gasteiger partial charge on any atom is 0.232 e. The Kier molecular flexibility index (Phi) is 4.77. The lowest BCUT2D eigenvalue weighted by Gasteiger charge is -2.15. The zero-order valence-electron chi connectivity index (χ0n) is 12.0. The van der Waals surface area contributed by atoms with Gasteiger partial charge in [0, 0.05) is 17.5 Å². The first-order valence-corrected chi connectivity index (χ1v) is 8.33. The van der Waals surface area contributed by atoms with E-state index in [2.05, 4.69) is 22.4 Å². The zero-order chi connectivity index (χ0) is 14.5. The molecular weight excluding hydrogens is 286 g/mol. The summed E-state index contributed by atoms with van der Waals surface area (Å²) in [5.74, 6) is 4.55. The van der Waals surface area contributed by atoms with Crippen molar-refractivity contribution >= 4 is 11.8 Å². The van der Waals surface area contributed by atoms with E-state index >= 15 is 0 Å². The highest BCUT2D eigenvalue weighted by atomic mass is 32.2. The number of benzene rings is 1. The molecule has 1 saturated heterocycles. The van der Waals surface area contributed by atoms with Gasteiger partial charge in [0.15, 0.2) is 6.61 Å². The minimum absolute atomic E-state index is 0.299. The standard InChI is InChI=1S/C15H19N3O2S/c1-2-16-13-10-21-9-12(13)15-17-14(18-20-15)8-19-11-6-4-3-5-7-11/h3-7,12-13,16H,2,8-10H2,1H3. The molecule has 0 amide bonds. The van der Waals surface area contributed by atoms with E-state index in [-0.39, 0.29) is 0 Å². The average molecular weight is 305 g/mol. The molecule has 0 spiro atoms. The summed E-state index contributed by atoms with van der Waals surface area (Å²) in [5.41, 5.74) is 0. The summed E-state index contributed by atoms with van der Waals surface area (Å²) in [6, 6.07) is 10.1. The molecule has 1 aliphatic heterocycles. The molecule has 1 aromatic carbocycles. The monoisotopic (exact) mass is 305 g/mol. The minimum Gasteiger partial charge on any atom is -0.485 e. The molecule has 2 atom stereocenters. The largest absolute Gasteiger partial charge is 0.485 e. The third-order valence-electron chi connectivity index (χ3n) is 3.46. The first-order valence-electron chi connectivity index (χ1n) is 7.18. The van der Waals surface area contributed by atoms with Gasteiger partial charge < -0.3 is 14.6 Å². The number of nitrogens with one attached hydrogen (secondary N) is 1. The number of ether oxygens (including phenoxy) is 1. The molecule has 21 heavy (non-hydrogen) atoms. The molecule has 0 aliphatic carbocycles. The first kappa shape index (κ1) is 14.4.